The fourth-order valence-electron chi connectivity index (χ4n) is 1.93. The first-order chi connectivity index (χ1) is 8.06. The molecule has 1 aromatic carbocycles. The second kappa shape index (κ2) is 5.21. The molecule has 0 spiro atoms. The zero-order valence-electron chi connectivity index (χ0n) is 9.90. The lowest BCUT2D eigenvalue weighted by atomic mass is 10.1. The minimum Gasteiger partial charge on any atom is -0.387 e. The molecule has 90 valence electrons. The highest BCUT2D eigenvalue weighted by atomic mass is 35.5. The van der Waals surface area contributed by atoms with E-state index in [2.05, 4.69) is 13.0 Å². The number of rotatable bonds is 3. The number of hydrogen-bond donors (Lipinski definition) is 1. The van der Waals surface area contributed by atoms with Crippen LogP contribution in [0.1, 0.15) is 27.0 Å². The molecular weight excluding hydrogens is 252 g/mol. The second-order valence-corrected chi connectivity index (χ2v) is 5.98. The van der Waals surface area contributed by atoms with Gasteiger partial charge in [0.15, 0.2) is 0 Å². The summed E-state index contributed by atoms with van der Waals surface area (Å²) in [5, 5.41) is 10.9. The average Bonchev–Trinajstić information content (AvgIpc) is 2.61. The van der Waals surface area contributed by atoms with Gasteiger partial charge in [-0.25, -0.2) is 0 Å². The van der Waals surface area contributed by atoms with Gasteiger partial charge in [-0.05, 0) is 43.2 Å². The third-order valence-corrected chi connectivity index (χ3v) is 4.23. The summed E-state index contributed by atoms with van der Waals surface area (Å²) in [6.07, 6.45) is 0.215. The maximum absolute atomic E-state index is 10.2. The predicted molar refractivity (Wildman–Crippen MR) is 73.9 cm³/mol. The van der Waals surface area contributed by atoms with Crippen molar-refractivity contribution in [2.75, 3.05) is 0 Å². The summed E-state index contributed by atoms with van der Waals surface area (Å²) < 4.78 is 0. The van der Waals surface area contributed by atoms with Gasteiger partial charge in [-0.2, -0.15) is 0 Å². The van der Waals surface area contributed by atoms with Crippen LogP contribution in [-0.2, 0) is 6.42 Å². The molecule has 0 radical (unpaired) electrons. The van der Waals surface area contributed by atoms with Crippen molar-refractivity contribution in [3.63, 3.8) is 0 Å². The maximum Gasteiger partial charge on any atom is 0.0924 e. The highest BCUT2D eigenvalue weighted by Crippen LogP contribution is 2.29. The SMILES string of the molecule is Cc1cc(C)c(C(O)Cc2ccc(Cl)cc2)s1. The van der Waals surface area contributed by atoms with E-state index in [1.54, 1.807) is 11.3 Å². The summed E-state index contributed by atoms with van der Waals surface area (Å²) >= 11 is 7.50. The van der Waals surface area contributed by atoms with E-state index >= 15 is 0 Å². The van der Waals surface area contributed by atoms with Crippen LogP contribution in [0, 0.1) is 13.8 Å². The van der Waals surface area contributed by atoms with E-state index in [4.69, 9.17) is 11.6 Å². The van der Waals surface area contributed by atoms with E-state index < -0.39 is 6.10 Å². The first-order valence-electron chi connectivity index (χ1n) is 5.55. The highest BCUT2D eigenvalue weighted by molar-refractivity contribution is 7.12. The molecule has 1 unspecified atom stereocenters. The van der Waals surface area contributed by atoms with E-state index in [0.717, 1.165) is 15.5 Å². The monoisotopic (exact) mass is 266 g/mol. The van der Waals surface area contributed by atoms with Crippen LogP contribution < -0.4 is 0 Å². The van der Waals surface area contributed by atoms with E-state index in [0.29, 0.717) is 6.42 Å². The molecule has 1 aromatic heterocycles. The van der Waals surface area contributed by atoms with Gasteiger partial charge in [-0.3, -0.25) is 0 Å². The molecule has 2 aromatic rings. The fraction of sp³-hybridized carbons (Fsp3) is 0.286. The zero-order valence-corrected chi connectivity index (χ0v) is 11.5. The third kappa shape index (κ3) is 3.09. The molecule has 17 heavy (non-hydrogen) atoms. The summed E-state index contributed by atoms with van der Waals surface area (Å²) in [6, 6.07) is 9.75. The Morgan fingerprint density at radius 2 is 1.88 bits per heavy atom. The van der Waals surface area contributed by atoms with Gasteiger partial charge >= 0.3 is 0 Å². The lowest BCUT2D eigenvalue weighted by molar-refractivity contribution is 0.181. The Labute approximate surface area is 111 Å². The number of aryl methyl sites for hydroxylation is 2. The minimum absolute atomic E-state index is 0.421. The summed E-state index contributed by atoms with van der Waals surface area (Å²) in [5.74, 6) is 0. The number of halogens is 1. The molecule has 0 aliphatic rings. The van der Waals surface area contributed by atoms with Crippen molar-refractivity contribution in [1.29, 1.82) is 0 Å². The molecule has 1 N–H and O–H groups in total. The smallest absolute Gasteiger partial charge is 0.0924 e. The first-order valence-corrected chi connectivity index (χ1v) is 6.75. The Morgan fingerprint density at radius 3 is 2.41 bits per heavy atom. The van der Waals surface area contributed by atoms with Crippen molar-refractivity contribution in [3.05, 3.63) is 56.2 Å². The first kappa shape index (κ1) is 12.6. The van der Waals surface area contributed by atoms with Crippen LogP contribution in [0.4, 0.5) is 0 Å². The van der Waals surface area contributed by atoms with E-state index in [-0.39, 0.29) is 0 Å². The van der Waals surface area contributed by atoms with Crippen LogP contribution in [0.3, 0.4) is 0 Å². The molecule has 0 fully saturated rings. The number of aliphatic hydroxyl groups is 1. The van der Waals surface area contributed by atoms with Crippen LogP contribution in [-0.4, -0.2) is 5.11 Å². The van der Waals surface area contributed by atoms with Crippen molar-refractivity contribution < 1.29 is 5.11 Å². The molecule has 1 heterocycles. The molecular formula is C14H15ClOS. The van der Waals surface area contributed by atoms with Crippen LogP contribution in [0.25, 0.3) is 0 Å². The Morgan fingerprint density at radius 1 is 1.24 bits per heavy atom. The van der Waals surface area contributed by atoms with E-state index in [1.165, 1.54) is 10.4 Å². The summed E-state index contributed by atoms with van der Waals surface area (Å²) in [7, 11) is 0. The standard InChI is InChI=1S/C14H15ClOS/c1-9-7-10(2)17-14(9)13(16)8-11-3-5-12(15)6-4-11/h3-7,13,16H,8H2,1-2H3. The predicted octanol–water partition coefficient (Wildman–Crippen LogP) is 4.29. The third-order valence-electron chi connectivity index (χ3n) is 2.72. The quantitative estimate of drug-likeness (QED) is 0.878. The second-order valence-electron chi connectivity index (χ2n) is 4.25. The molecule has 1 nitrogen and oxygen atoms in total. The lowest BCUT2D eigenvalue weighted by Crippen LogP contribution is -2.00. The molecule has 0 aliphatic heterocycles. The van der Waals surface area contributed by atoms with Crippen molar-refractivity contribution in [3.8, 4) is 0 Å². The maximum atomic E-state index is 10.2. The van der Waals surface area contributed by atoms with Crippen LogP contribution in [0.2, 0.25) is 5.02 Å². The number of thiophene rings is 1. The van der Waals surface area contributed by atoms with E-state index in [1.807, 2.05) is 31.2 Å². The largest absolute Gasteiger partial charge is 0.387 e. The molecule has 0 aliphatic carbocycles. The van der Waals surface area contributed by atoms with Crippen LogP contribution >= 0.6 is 22.9 Å². The van der Waals surface area contributed by atoms with Crippen molar-refractivity contribution in [2.24, 2.45) is 0 Å². The molecule has 0 bridgehead atoms. The number of hydrogen-bond acceptors (Lipinski definition) is 2. The fourth-order valence-corrected chi connectivity index (χ4v) is 3.07. The Kier molecular flexibility index (Phi) is 3.87. The van der Waals surface area contributed by atoms with Gasteiger partial charge in [0.25, 0.3) is 0 Å². The van der Waals surface area contributed by atoms with Gasteiger partial charge in [0.1, 0.15) is 0 Å². The summed E-state index contributed by atoms with van der Waals surface area (Å²) in [6.45, 7) is 4.11. The number of benzene rings is 1. The molecule has 0 amide bonds. The molecule has 2 rings (SSSR count). The topological polar surface area (TPSA) is 20.2 Å². The van der Waals surface area contributed by atoms with Crippen molar-refractivity contribution in [1.82, 2.24) is 0 Å². The highest BCUT2D eigenvalue weighted by Gasteiger charge is 2.13. The number of aliphatic hydroxyl groups excluding tert-OH is 1. The normalized spacial score (nSPS) is 12.7. The van der Waals surface area contributed by atoms with Gasteiger partial charge in [-0.15, -0.1) is 11.3 Å². The minimum atomic E-state index is -0.421. The summed E-state index contributed by atoms with van der Waals surface area (Å²) in [5.41, 5.74) is 2.28. The van der Waals surface area contributed by atoms with Gasteiger partial charge in [0.2, 0.25) is 0 Å². The Bertz CT molecular complexity index is 501. The van der Waals surface area contributed by atoms with Gasteiger partial charge in [0.05, 0.1) is 6.10 Å². The van der Waals surface area contributed by atoms with Gasteiger partial charge < -0.3 is 5.11 Å². The lowest BCUT2D eigenvalue weighted by Gasteiger charge is -2.10. The Hall–Kier alpha value is -0.830. The van der Waals surface area contributed by atoms with Crippen molar-refractivity contribution >= 4 is 22.9 Å². The summed E-state index contributed by atoms with van der Waals surface area (Å²) in [4.78, 5) is 2.31. The van der Waals surface area contributed by atoms with Crippen molar-refractivity contribution in [2.45, 2.75) is 26.4 Å². The molecule has 1 atom stereocenters. The molecule has 3 heteroatoms. The molecule has 0 saturated carbocycles. The average molecular weight is 267 g/mol. The van der Waals surface area contributed by atoms with Crippen LogP contribution in [0.15, 0.2) is 30.3 Å². The van der Waals surface area contributed by atoms with E-state index in [9.17, 15) is 5.11 Å². The van der Waals surface area contributed by atoms with Gasteiger partial charge in [0, 0.05) is 21.2 Å². The zero-order chi connectivity index (χ0) is 12.4. The van der Waals surface area contributed by atoms with Crippen LogP contribution in [0.5, 0.6) is 0 Å². The Balaban J connectivity index is 2.14. The molecule has 0 saturated heterocycles. The van der Waals surface area contributed by atoms with Gasteiger partial charge in [-0.1, -0.05) is 23.7 Å².